The van der Waals surface area contributed by atoms with Gasteiger partial charge in [-0.3, -0.25) is 4.79 Å². The molecule has 0 aromatic heterocycles. The third kappa shape index (κ3) is 9.78. The third-order valence-electron chi connectivity index (χ3n) is 6.20. The highest BCUT2D eigenvalue weighted by molar-refractivity contribution is 5.76. The lowest BCUT2D eigenvalue weighted by Crippen LogP contribution is -2.39. The van der Waals surface area contributed by atoms with Gasteiger partial charge in [0.15, 0.2) is 0 Å². The summed E-state index contributed by atoms with van der Waals surface area (Å²) in [6.45, 7) is -0.589. The molecule has 1 aliphatic rings. The van der Waals surface area contributed by atoms with Crippen molar-refractivity contribution in [2.75, 3.05) is 13.2 Å². The molecule has 1 aliphatic carbocycles. The van der Waals surface area contributed by atoms with E-state index < -0.39 is 24.4 Å². The van der Waals surface area contributed by atoms with Crippen LogP contribution in [0.5, 0.6) is 0 Å². The number of carbonyl (C=O) groups is 1. The minimum absolute atomic E-state index is 0.119. The zero-order chi connectivity index (χ0) is 24.1. The van der Waals surface area contributed by atoms with Crippen molar-refractivity contribution in [3.8, 4) is 0 Å². The summed E-state index contributed by atoms with van der Waals surface area (Å²) >= 11 is 0. The first-order chi connectivity index (χ1) is 15.9. The number of carbonyl (C=O) groups excluding carboxylic acids is 1. The van der Waals surface area contributed by atoms with Gasteiger partial charge in [-0.1, -0.05) is 54.6 Å². The fourth-order valence-corrected chi connectivity index (χ4v) is 4.22. The summed E-state index contributed by atoms with van der Waals surface area (Å²) in [4.78, 5) is 11.7. The van der Waals surface area contributed by atoms with Gasteiger partial charge in [-0.2, -0.15) is 0 Å². The van der Waals surface area contributed by atoms with Gasteiger partial charge < -0.3 is 30.8 Å². The Labute approximate surface area is 196 Å². The van der Waals surface area contributed by atoms with Crippen LogP contribution in [0, 0.1) is 11.8 Å². The molecule has 0 bridgehead atoms. The van der Waals surface area contributed by atoms with Crippen molar-refractivity contribution in [2.45, 2.75) is 69.3 Å². The van der Waals surface area contributed by atoms with E-state index in [1.54, 1.807) is 6.08 Å². The molecule has 1 amide bonds. The minimum atomic E-state index is -0.634. The molecule has 0 unspecified atom stereocenters. The fraction of sp³-hybridized carbons (Fsp3) is 0.577. The Morgan fingerprint density at radius 3 is 2.52 bits per heavy atom. The van der Waals surface area contributed by atoms with E-state index in [1.165, 1.54) is 5.56 Å². The lowest BCUT2D eigenvalue weighted by molar-refractivity contribution is -0.122. The van der Waals surface area contributed by atoms with Crippen molar-refractivity contribution in [1.29, 1.82) is 0 Å². The van der Waals surface area contributed by atoms with Gasteiger partial charge in [0.05, 0.1) is 37.6 Å². The maximum Gasteiger partial charge on any atom is 0.220 e. The normalized spacial score (nSPS) is 24.2. The highest BCUT2D eigenvalue weighted by Crippen LogP contribution is 2.36. The molecule has 1 fully saturated rings. The SMILES string of the molecule is O=C(CCC/C=C\C[C@@H]1[C@H](/C=C/[C@@H](O)CCc2ccccc2)[C@H](O)C[C@@H]1O)NC(CO)CO. The molecule has 7 nitrogen and oxygen atoms in total. The van der Waals surface area contributed by atoms with E-state index in [-0.39, 0.29) is 31.0 Å². The molecule has 184 valence electrons. The molecule has 0 saturated heterocycles. The molecular formula is C26H39NO6. The summed E-state index contributed by atoms with van der Waals surface area (Å²) in [7, 11) is 0. The summed E-state index contributed by atoms with van der Waals surface area (Å²) < 4.78 is 0. The predicted molar refractivity (Wildman–Crippen MR) is 127 cm³/mol. The fourth-order valence-electron chi connectivity index (χ4n) is 4.22. The van der Waals surface area contributed by atoms with Crippen LogP contribution in [0.25, 0.3) is 0 Å². The van der Waals surface area contributed by atoms with Crippen LogP contribution in [0.15, 0.2) is 54.6 Å². The Kier molecular flexibility index (Phi) is 12.4. The van der Waals surface area contributed by atoms with Crippen LogP contribution in [0.1, 0.15) is 44.1 Å². The van der Waals surface area contributed by atoms with Crippen LogP contribution < -0.4 is 5.32 Å². The maximum atomic E-state index is 11.7. The molecule has 2 rings (SSSR count). The highest BCUT2D eigenvalue weighted by atomic mass is 16.3. The molecule has 6 N–H and O–H groups in total. The van der Waals surface area contributed by atoms with Crippen LogP contribution in [0.4, 0.5) is 0 Å². The number of benzene rings is 1. The minimum Gasteiger partial charge on any atom is -0.394 e. The van der Waals surface area contributed by atoms with Gasteiger partial charge in [0, 0.05) is 18.8 Å². The number of aliphatic hydroxyl groups excluding tert-OH is 5. The molecule has 0 radical (unpaired) electrons. The van der Waals surface area contributed by atoms with Gasteiger partial charge >= 0.3 is 0 Å². The van der Waals surface area contributed by atoms with E-state index >= 15 is 0 Å². The van der Waals surface area contributed by atoms with E-state index in [2.05, 4.69) is 5.32 Å². The number of aryl methyl sites for hydroxylation is 1. The highest BCUT2D eigenvalue weighted by Gasteiger charge is 2.39. The first kappa shape index (κ1) is 27.2. The van der Waals surface area contributed by atoms with Gasteiger partial charge in [0.1, 0.15) is 0 Å². The van der Waals surface area contributed by atoms with Crippen LogP contribution in [-0.2, 0) is 11.2 Å². The number of unbranched alkanes of at least 4 members (excludes halogenated alkanes) is 1. The lowest BCUT2D eigenvalue weighted by Gasteiger charge is -2.19. The van der Waals surface area contributed by atoms with E-state index in [1.807, 2.05) is 48.6 Å². The van der Waals surface area contributed by atoms with Crippen LogP contribution in [0.3, 0.4) is 0 Å². The van der Waals surface area contributed by atoms with E-state index in [0.29, 0.717) is 38.5 Å². The number of hydrogen-bond donors (Lipinski definition) is 6. The molecule has 1 aromatic carbocycles. The quantitative estimate of drug-likeness (QED) is 0.184. The molecule has 5 atom stereocenters. The Bertz CT molecular complexity index is 734. The first-order valence-corrected chi connectivity index (χ1v) is 11.9. The number of hydrogen-bond acceptors (Lipinski definition) is 6. The molecule has 7 heteroatoms. The largest absolute Gasteiger partial charge is 0.394 e. The molecule has 0 aliphatic heterocycles. The molecule has 0 spiro atoms. The molecule has 0 heterocycles. The Morgan fingerprint density at radius 2 is 1.82 bits per heavy atom. The Balaban J connectivity index is 1.74. The van der Waals surface area contributed by atoms with Gasteiger partial charge in [-0.05, 0) is 43.6 Å². The number of rotatable bonds is 14. The van der Waals surface area contributed by atoms with Gasteiger partial charge in [0.25, 0.3) is 0 Å². The topological polar surface area (TPSA) is 130 Å². The van der Waals surface area contributed by atoms with Crippen molar-refractivity contribution in [2.24, 2.45) is 11.8 Å². The summed E-state index contributed by atoms with van der Waals surface area (Å²) in [5.41, 5.74) is 1.17. The van der Waals surface area contributed by atoms with Crippen LogP contribution in [-0.4, -0.2) is 69.0 Å². The van der Waals surface area contributed by atoms with Crippen LogP contribution >= 0.6 is 0 Å². The standard InChI is InChI=1S/C26H39NO6/c28-17-20(18-29)27-26(33)11-7-2-1-6-10-22-23(25(32)16-24(22)31)15-14-21(30)13-12-19-8-4-3-5-9-19/h1,3-6,8-9,14-15,20-25,28-32H,2,7,10-13,16-18H2,(H,27,33)/b6-1-,15-14+/t21-,22+,23-,24-,25+/m0/s1. The second kappa shape index (κ2) is 15.0. The lowest BCUT2D eigenvalue weighted by atomic mass is 9.89. The predicted octanol–water partition coefficient (Wildman–Crippen LogP) is 1.48. The first-order valence-electron chi connectivity index (χ1n) is 11.9. The number of amides is 1. The zero-order valence-corrected chi connectivity index (χ0v) is 19.2. The molecule has 33 heavy (non-hydrogen) atoms. The maximum absolute atomic E-state index is 11.7. The summed E-state index contributed by atoms with van der Waals surface area (Å²) in [6, 6.07) is 9.36. The van der Waals surface area contributed by atoms with Gasteiger partial charge in [0.2, 0.25) is 5.91 Å². The van der Waals surface area contributed by atoms with E-state index in [4.69, 9.17) is 10.2 Å². The summed E-state index contributed by atoms with van der Waals surface area (Å²) in [5, 5.41) is 51.6. The third-order valence-corrected chi connectivity index (χ3v) is 6.20. The number of nitrogens with one attached hydrogen (secondary N) is 1. The Morgan fingerprint density at radius 1 is 1.09 bits per heavy atom. The van der Waals surface area contributed by atoms with Crippen molar-refractivity contribution < 1.29 is 30.3 Å². The second-order valence-electron chi connectivity index (χ2n) is 8.82. The number of allylic oxidation sites excluding steroid dienone is 2. The van der Waals surface area contributed by atoms with E-state index in [9.17, 15) is 20.1 Å². The number of aliphatic hydroxyl groups is 5. The zero-order valence-electron chi connectivity index (χ0n) is 19.2. The molecule has 1 aromatic rings. The van der Waals surface area contributed by atoms with Crippen molar-refractivity contribution >= 4 is 5.91 Å². The smallest absolute Gasteiger partial charge is 0.220 e. The Hall–Kier alpha value is -2.03. The second-order valence-corrected chi connectivity index (χ2v) is 8.82. The average Bonchev–Trinajstić information content (AvgIpc) is 3.09. The molecular weight excluding hydrogens is 422 g/mol. The van der Waals surface area contributed by atoms with Crippen molar-refractivity contribution in [1.82, 2.24) is 5.32 Å². The molecule has 1 saturated carbocycles. The van der Waals surface area contributed by atoms with E-state index in [0.717, 1.165) is 6.42 Å². The van der Waals surface area contributed by atoms with Crippen molar-refractivity contribution in [3.05, 3.63) is 60.2 Å². The van der Waals surface area contributed by atoms with Crippen LogP contribution in [0.2, 0.25) is 0 Å². The monoisotopic (exact) mass is 461 g/mol. The average molecular weight is 462 g/mol. The van der Waals surface area contributed by atoms with Gasteiger partial charge in [-0.25, -0.2) is 0 Å². The van der Waals surface area contributed by atoms with Crippen molar-refractivity contribution in [3.63, 3.8) is 0 Å². The summed E-state index contributed by atoms with van der Waals surface area (Å²) in [5.74, 6) is -0.537. The van der Waals surface area contributed by atoms with Gasteiger partial charge in [-0.15, -0.1) is 0 Å². The summed E-state index contributed by atoms with van der Waals surface area (Å²) in [6.07, 6.45) is 9.62.